The maximum atomic E-state index is 11.8. The highest BCUT2D eigenvalue weighted by Gasteiger charge is 2.23. The van der Waals surface area contributed by atoms with Crippen LogP contribution in [0.4, 0.5) is 4.79 Å². The normalized spacial score (nSPS) is 17.8. The molecular formula is C16H20ClN3O. The highest BCUT2D eigenvalue weighted by molar-refractivity contribution is 6.31. The average Bonchev–Trinajstić information content (AvgIpc) is 2.74. The zero-order valence-electron chi connectivity index (χ0n) is 12.3. The lowest BCUT2D eigenvalue weighted by atomic mass is 9.91. The molecular weight excluding hydrogens is 286 g/mol. The minimum atomic E-state index is -0.0821. The van der Waals surface area contributed by atoms with Crippen molar-refractivity contribution < 1.29 is 4.79 Å². The molecule has 21 heavy (non-hydrogen) atoms. The summed E-state index contributed by atoms with van der Waals surface area (Å²) in [5.74, 6) is 0. The standard InChI is InChI=1S/C16H20ClN3O/c1-9(2)18-16(21)19-11-4-6-14-13(8-11)12-5-3-10(17)7-15(12)20-14/h3,5,7,9,11,20H,4,6,8H2,1-2H3,(H2,18,19,21). The summed E-state index contributed by atoms with van der Waals surface area (Å²) in [5.41, 5.74) is 3.66. The van der Waals surface area contributed by atoms with Crippen LogP contribution in [-0.2, 0) is 12.8 Å². The van der Waals surface area contributed by atoms with E-state index in [2.05, 4.69) is 21.7 Å². The van der Waals surface area contributed by atoms with Crippen molar-refractivity contribution in [3.8, 4) is 0 Å². The molecule has 2 amide bonds. The third kappa shape index (κ3) is 3.00. The van der Waals surface area contributed by atoms with Gasteiger partial charge < -0.3 is 15.6 Å². The predicted molar refractivity (Wildman–Crippen MR) is 85.9 cm³/mol. The first-order chi connectivity index (χ1) is 10.0. The molecule has 3 N–H and O–H groups in total. The van der Waals surface area contributed by atoms with Gasteiger partial charge in [0.15, 0.2) is 0 Å². The Labute approximate surface area is 129 Å². The van der Waals surface area contributed by atoms with Gasteiger partial charge in [-0.25, -0.2) is 4.79 Å². The van der Waals surface area contributed by atoms with Gasteiger partial charge in [-0.1, -0.05) is 17.7 Å². The smallest absolute Gasteiger partial charge is 0.315 e. The number of urea groups is 1. The van der Waals surface area contributed by atoms with Crippen LogP contribution in [0.3, 0.4) is 0 Å². The zero-order chi connectivity index (χ0) is 15.0. The monoisotopic (exact) mass is 305 g/mol. The van der Waals surface area contributed by atoms with Gasteiger partial charge in [0.05, 0.1) is 0 Å². The Morgan fingerprint density at radius 1 is 1.43 bits per heavy atom. The number of rotatable bonds is 2. The summed E-state index contributed by atoms with van der Waals surface area (Å²) in [6.07, 6.45) is 2.77. The summed E-state index contributed by atoms with van der Waals surface area (Å²) in [4.78, 5) is 15.3. The van der Waals surface area contributed by atoms with Crippen LogP contribution in [0.5, 0.6) is 0 Å². The second-order valence-corrected chi connectivity index (χ2v) is 6.42. The van der Waals surface area contributed by atoms with Crippen molar-refractivity contribution >= 4 is 28.5 Å². The van der Waals surface area contributed by atoms with Crippen molar-refractivity contribution in [3.05, 3.63) is 34.5 Å². The van der Waals surface area contributed by atoms with E-state index in [0.29, 0.717) is 0 Å². The Kier molecular flexibility index (Phi) is 3.81. The van der Waals surface area contributed by atoms with Gasteiger partial charge in [0.25, 0.3) is 0 Å². The highest BCUT2D eigenvalue weighted by Crippen LogP contribution is 2.30. The van der Waals surface area contributed by atoms with Crippen LogP contribution in [-0.4, -0.2) is 23.1 Å². The number of aromatic nitrogens is 1. The molecule has 1 heterocycles. The Bertz CT molecular complexity index is 677. The number of hydrogen-bond donors (Lipinski definition) is 3. The van der Waals surface area contributed by atoms with Gasteiger partial charge >= 0.3 is 6.03 Å². The summed E-state index contributed by atoms with van der Waals surface area (Å²) in [6, 6.07) is 6.19. The number of aromatic amines is 1. The first-order valence-corrected chi connectivity index (χ1v) is 7.76. The van der Waals surface area contributed by atoms with E-state index in [-0.39, 0.29) is 18.1 Å². The second-order valence-electron chi connectivity index (χ2n) is 5.98. The Morgan fingerprint density at radius 2 is 2.24 bits per heavy atom. The van der Waals surface area contributed by atoms with Crippen molar-refractivity contribution in [1.82, 2.24) is 15.6 Å². The highest BCUT2D eigenvalue weighted by atomic mass is 35.5. The Morgan fingerprint density at radius 3 is 3.00 bits per heavy atom. The molecule has 1 atom stereocenters. The number of hydrogen-bond acceptors (Lipinski definition) is 1. The molecule has 0 fully saturated rings. The quantitative estimate of drug-likeness (QED) is 0.782. The molecule has 0 spiro atoms. The first kappa shape index (κ1) is 14.3. The van der Waals surface area contributed by atoms with Crippen LogP contribution >= 0.6 is 11.6 Å². The van der Waals surface area contributed by atoms with E-state index in [9.17, 15) is 4.79 Å². The van der Waals surface area contributed by atoms with E-state index >= 15 is 0 Å². The molecule has 112 valence electrons. The molecule has 1 aromatic carbocycles. The third-order valence-corrected chi connectivity index (χ3v) is 4.14. The second kappa shape index (κ2) is 5.60. The van der Waals surface area contributed by atoms with Crippen LogP contribution in [0.15, 0.2) is 18.2 Å². The van der Waals surface area contributed by atoms with E-state index < -0.39 is 0 Å². The van der Waals surface area contributed by atoms with Crippen LogP contribution in [0.2, 0.25) is 5.02 Å². The molecule has 1 aromatic heterocycles. The maximum Gasteiger partial charge on any atom is 0.315 e. The molecule has 1 aliphatic rings. The number of aryl methyl sites for hydroxylation is 1. The van der Waals surface area contributed by atoms with Crippen LogP contribution in [0, 0.1) is 0 Å². The van der Waals surface area contributed by atoms with E-state index in [1.165, 1.54) is 16.6 Å². The lowest BCUT2D eigenvalue weighted by molar-refractivity contribution is 0.233. The lowest BCUT2D eigenvalue weighted by Gasteiger charge is -2.24. The first-order valence-electron chi connectivity index (χ1n) is 7.39. The van der Waals surface area contributed by atoms with Crippen LogP contribution in [0.25, 0.3) is 10.9 Å². The summed E-state index contributed by atoms with van der Waals surface area (Å²) in [5, 5.41) is 7.90. The molecule has 0 radical (unpaired) electrons. The van der Waals surface area contributed by atoms with Gasteiger partial charge in [-0.2, -0.15) is 0 Å². The van der Waals surface area contributed by atoms with Gasteiger partial charge in [-0.3, -0.25) is 0 Å². The molecule has 3 rings (SSSR count). The van der Waals surface area contributed by atoms with Gasteiger partial charge in [0.1, 0.15) is 0 Å². The predicted octanol–water partition coefficient (Wildman–Crippen LogP) is 3.39. The molecule has 2 aromatic rings. The van der Waals surface area contributed by atoms with Gasteiger partial charge in [-0.05, 0) is 50.8 Å². The molecule has 4 nitrogen and oxygen atoms in total. The van der Waals surface area contributed by atoms with Crippen molar-refractivity contribution in [1.29, 1.82) is 0 Å². The van der Waals surface area contributed by atoms with E-state index in [1.54, 1.807) is 0 Å². The van der Waals surface area contributed by atoms with Gasteiger partial charge in [0.2, 0.25) is 0 Å². The minimum absolute atomic E-state index is 0.0821. The molecule has 0 aliphatic heterocycles. The van der Waals surface area contributed by atoms with E-state index in [1.807, 2.05) is 26.0 Å². The summed E-state index contributed by atoms with van der Waals surface area (Å²) in [7, 11) is 0. The molecule has 5 heteroatoms. The maximum absolute atomic E-state index is 11.8. The van der Waals surface area contributed by atoms with Crippen molar-refractivity contribution in [2.45, 2.75) is 45.2 Å². The molecule has 0 saturated carbocycles. The van der Waals surface area contributed by atoms with Crippen molar-refractivity contribution in [2.24, 2.45) is 0 Å². The zero-order valence-corrected chi connectivity index (χ0v) is 13.1. The number of benzene rings is 1. The SMILES string of the molecule is CC(C)NC(=O)NC1CCc2[nH]c3cc(Cl)ccc3c2C1. The largest absolute Gasteiger partial charge is 0.358 e. The number of fused-ring (bicyclic) bond motifs is 3. The number of amides is 2. The molecule has 0 saturated heterocycles. The van der Waals surface area contributed by atoms with Gasteiger partial charge in [0, 0.05) is 33.7 Å². The van der Waals surface area contributed by atoms with Crippen molar-refractivity contribution in [3.63, 3.8) is 0 Å². The summed E-state index contributed by atoms with van der Waals surface area (Å²) in [6.45, 7) is 3.92. The fraction of sp³-hybridized carbons (Fsp3) is 0.438. The molecule has 1 aliphatic carbocycles. The summed E-state index contributed by atoms with van der Waals surface area (Å²) >= 11 is 6.04. The van der Waals surface area contributed by atoms with Crippen LogP contribution in [0.1, 0.15) is 31.5 Å². The van der Waals surface area contributed by atoms with Crippen LogP contribution < -0.4 is 10.6 Å². The number of nitrogens with one attached hydrogen (secondary N) is 3. The fourth-order valence-electron chi connectivity index (χ4n) is 3.01. The minimum Gasteiger partial charge on any atom is -0.358 e. The lowest BCUT2D eigenvalue weighted by Crippen LogP contribution is -2.46. The fourth-order valence-corrected chi connectivity index (χ4v) is 3.18. The molecule has 1 unspecified atom stereocenters. The number of halogens is 1. The topological polar surface area (TPSA) is 56.9 Å². The number of carbonyl (C=O) groups is 1. The Balaban J connectivity index is 1.78. The van der Waals surface area contributed by atoms with E-state index in [0.717, 1.165) is 29.8 Å². The molecule has 0 bridgehead atoms. The number of carbonyl (C=O) groups excluding carboxylic acids is 1. The van der Waals surface area contributed by atoms with Crippen molar-refractivity contribution in [2.75, 3.05) is 0 Å². The van der Waals surface area contributed by atoms with E-state index in [4.69, 9.17) is 11.6 Å². The summed E-state index contributed by atoms with van der Waals surface area (Å²) < 4.78 is 0. The average molecular weight is 306 g/mol. The Hall–Kier alpha value is -1.68. The number of H-pyrrole nitrogens is 1. The van der Waals surface area contributed by atoms with Gasteiger partial charge in [-0.15, -0.1) is 0 Å². The third-order valence-electron chi connectivity index (χ3n) is 3.90.